The Morgan fingerprint density at radius 2 is 1.92 bits per heavy atom. The Morgan fingerprint density at radius 1 is 1.05 bits per heavy atom. The SMILES string of the molecule is COc1ccc(Cc2nnc3n2Cc2c(-c4noc(C5CC5)n4)ncn2-c2ccc(Cl)cc2-3)cc1OC. The fourth-order valence-electron chi connectivity index (χ4n) is 4.80. The second-order valence-electron chi connectivity index (χ2n) is 9.19. The number of methoxy groups -OCH3 is 2. The summed E-state index contributed by atoms with van der Waals surface area (Å²) in [5.41, 5.74) is 4.39. The molecule has 0 N–H and O–H groups in total. The zero-order valence-corrected chi connectivity index (χ0v) is 20.9. The van der Waals surface area contributed by atoms with Crippen molar-refractivity contribution in [2.75, 3.05) is 14.2 Å². The molecule has 1 aliphatic carbocycles. The van der Waals surface area contributed by atoms with Crippen molar-refractivity contribution in [1.82, 2.24) is 34.5 Å². The third kappa shape index (κ3) is 3.67. The summed E-state index contributed by atoms with van der Waals surface area (Å²) in [5, 5.41) is 14.0. The Labute approximate surface area is 216 Å². The van der Waals surface area contributed by atoms with Crippen LogP contribution in [0.1, 0.15) is 41.7 Å². The van der Waals surface area contributed by atoms with Crippen molar-refractivity contribution in [3.8, 4) is 40.1 Å². The molecule has 0 unspecified atom stereocenters. The molecule has 1 fully saturated rings. The molecular formula is C26H22ClN7O3. The third-order valence-corrected chi connectivity index (χ3v) is 7.09. The normalized spacial score (nSPS) is 14.0. The van der Waals surface area contributed by atoms with E-state index in [0.717, 1.165) is 47.0 Å². The largest absolute Gasteiger partial charge is 0.493 e. The van der Waals surface area contributed by atoms with Gasteiger partial charge in [-0.1, -0.05) is 22.8 Å². The summed E-state index contributed by atoms with van der Waals surface area (Å²) >= 11 is 6.42. The fraction of sp³-hybridized carbons (Fsp3) is 0.269. The summed E-state index contributed by atoms with van der Waals surface area (Å²) < 4.78 is 20.6. The number of aromatic nitrogens is 7. The molecule has 186 valence electrons. The Kier molecular flexibility index (Phi) is 5.03. The summed E-state index contributed by atoms with van der Waals surface area (Å²) in [5.74, 6) is 4.39. The van der Waals surface area contributed by atoms with Gasteiger partial charge in [0.15, 0.2) is 17.3 Å². The van der Waals surface area contributed by atoms with Crippen LogP contribution in [-0.4, -0.2) is 48.7 Å². The molecule has 10 nitrogen and oxygen atoms in total. The molecule has 2 aliphatic rings. The molecule has 4 heterocycles. The van der Waals surface area contributed by atoms with Gasteiger partial charge in [0, 0.05) is 22.9 Å². The van der Waals surface area contributed by atoms with Crippen molar-refractivity contribution < 1.29 is 14.0 Å². The molecule has 0 atom stereocenters. The number of imidazole rings is 1. The second kappa shape index (κ2) is 8.45. The van der Waals surface area contributed by atoms with Crippen LogP contribution < -0.4 is 9.47 Å². The highest BCUT2D eigenvalue weighted by molar-refractivity contribution is 6.31. The van der Waals surface area contributed by atoms with Gasteiger partial charge in [-0.25, -0.2) is 4.98 Å². The smallest absolute Gasteiger partial charge is 0.230 e. The molecule has 11 heteroatoms. The van der Waals surface area contributed by atoms with Gasteiger partial charge >= 0.3 is 0 Å². The zero-order valence-electron chi connectivity index (χ0n) is 20.2. The molecule has 1 saturated carbocycles. The van der Waals surface area contributed by atoms with E-state index in [4.69, 9.17) is 30.6 Å². The number of nitrogens with zero attached hydrogens (tertiary/aromatic N) is 7. The van der Waals surface area contributed by atoms with E-state index >= 15 is 0 Å². The monoisotopic (exact) mass is 515 g/mol. The Balaban J connectivity index is 1.35. The first-order valence-electron chi connectivity index (χ1n) is 12.0. The standard InChI is InChI=1S/C26H22ClN7O3/c1-35-20-8-3-14(9-21(20)36-2)10-22-30-31-25-17-11-16(27)6-7-18(17)34-13-28-23(19(34)12-33(22)25)24-29-26(37-32-24)15-4-5-15/h3,6-9,11,13,15H,4-5,10,12H2,1-2H3. The first-order chi connectivity index (χ1) is 18.1. The molecule has 0 bridgehead atoms. The summed E-state index contributed by atoms with van der Waals surface area (Å²) in [7, 11) is 3.25. The van der Waals surface area contributed by atoms with Crippen LogP contribution in [-0.2, 0) is 13.0 Å². The van der Waals surface area contributed by atoms with E-state index in [1.807, 2.05) is 41.0 Å². The first kappa shape index (κ1) is 22.1. The van der Waals surface area contributed by atoms with Gasteiger partial charge in [-0.05, 0) is 48.7 Å². The van der Waals surface area contributed by atoms with Gasteiger partial charge in [-0.2, -0.15) is 4.98 Å². The number of hydrogen-bond acceptors (Lipinski definition) is 8. The first-order valence-corrected chi connectivity index (χ1v) is 12.3. The summed E-state index contributed by atoms with van der Waals surface area (Å²) in [6.45, 7) is 0.472. The van der Waals surface area contributed by atoms with E-state index in [2.05, 4.69) is 24.9 Å². The minimum Gasteiger partial charge on any atom is -0.493 e. The van der Waals surface area contributed by atoms with Crippen LogP contribution in [0.3, 0.4) is 0 Å². The Bertz CT molecular complexity index is 1650. The van der Waals surface area contributed by atoms with Crippen molar-refractivity contribution in [2.45, 2.75) is 31.7 Å². The molecule has 37 heavy (non-hydrogen) atoms. The van der Waals surface area contributed by atoms with Gasteiger partial charge in [0.05, 0.1) is 32.1 Å². The minimum absolute atomic E-state index is 0.364. The average Bonchev–Trinajstić information content (AvgIpc) is 3.35. The van der Waals surface area contributed by atoms with Crippen LogP contribution in [0.15, 0.2) is 47.2 Å². The highest BCUT2D eigenvalue weighted by atomic mass is 35.5. The summed E-state index contributed by atoms with van der Waals surface area (Å²) in [4.78, 5) is 9.35. The second-order valence-corrected chi connectivity index (χ2v) is 9.63. The molecule has 2 aromatic carbocycles. The number of halogens is 1. The van der Waals surface area contributed by atoms with E-state index < -0.39 is 0 Å². The molecule has 0 spiro atoms. The van der Waals surface area contributed by atoms with Gasteiger partial charge in [0.1, 0.15) is 17.8 Å². The Hall–Kier alpha value is -4.18. The highest BCUT2D eigenvalue weighted by Crippen LogP contribution is 2.40. The Morgan fingerprint density at radius 3 is 2.73 bits per heavy atom. The maximum atomic E-state index is 6.42. The lowest BCUT2D eigenvalue weighted by atomic mass is 10.1. The van der Waals surface area contributed by atoms with E-state index in [0.29, 0.717) is 52.8 Å². The molecule has 0 saturated heterocycles. The van der Waals surface area contributed by atoms with Gasteiger partial charge in [0.25, 0.3) is 0 Å². The molecule has 5 aromatic rings. The zero-order chi connectivity index (χ0) is 25.1. The maximum absolute atomic E-state index is 6.42. The quantitative estimate of drug-likeness (QED) is 0.315. The lowest BCUT2D eigenvalue weighted by Crippen LogP contribution is -2.09. The van der Waals surface area contributed by atoms with Crippen LogP contribution in [0.25, 0.3) is 28.6 Å². The van der Waals surface area contributed by atoms with Crippen molar-refractivity contribution in [1.29, 1.82) is 0 Å². The van der Waals surface area contributed by atoms with E-state index in [-0.39, 0.29) is 0 Å². The van der Waals surface area contributed by atoms with Crippen molar-refractivity contribution in [3.63, 3.8) is 0 Å². The van der Waals surface area contributed by atoms with Crippen molar-refractivity contribution in [3.05, 3.63) is 70.7 Å². The molecule has 0 amide bonds. The van der Waals surface area contributed by atoms with Crippen LogP contribution in [0, 0.1) is 0 Å². The van der Waals surface area contributed by atoms with Crippen molar-refractivity contribution in [2.24, 2.45) is 0 Å². The fourth-order valence-corrected chi connectivity index (χ4v) is 4.97. The molecular weight excluding hydrogens is 494 g/mol. The maximum Gasteiger partial charge on any atom is 0.230 e. The van der Waals surface area contributed by atoms with E-state index in [1.54, 1.807) is 20.5 Å². The number of hydrogen-bond donors (Lipinski definition) is 0. The third-order valence-electron chi connectivity index (χ3n) is 6.85. The molecule has 3 aromatic heterocycles. The lowest BCUT2D eigenvalue weighted by Gasteiger charge is -2.11. The predicted molar refractivity (Wildman–Crippen MR) is 134 cm³/mol. The molecule has 1 aliphatic heterocycles. The van der Waals surface area contributed by atoms with Crippen LogP contribution in [0.2, 0.25) is 5.02 Å². The van der Waals surface area contributed by atoms with E-state index in [1.165, 1.54) is 0 Å². The van der Waals surface area contributed by atoms with E-state index in [9.17, 15) is 0 Å². The lowest BCUT2D eigenvalue weighted by molar-refractivity contribution is 0.354. The predicted octanol–water partition coefficient (Wildman–Crippen LogP) is 4.68. The van der Waals surface area contributed by atoms with Crippen molar-refractivity contribution >= 4 is 11.6 Å². The number of ether oxygens (including phenoxy) is 2. The van der Waals surface area contributed by atoms with Gasteiger partial charge < -0.3 is 18.6 Å². The van der Waals surface area contributed by atoms with Gasteiger partial charge in [-0.15, -0.1) is 10.2 Å². The molecule has 7 rings (SSSR count). The summed E-state index contributed by atoms with van der Waals surface area (Å²) in [6.07, 6.45) is 4.50. The van der Waals surface area contributed by atoms with Gasteiger partial charge in [-0.3, -0.25) is 4.57 Å². The summed E-state index contributed by atoms with van der Waals surface area (Å²) in [6, 6.07) is 11.6. The number of rotatable bonds is 6. The topological polar surface area (TPSA) is 106 Å². The molecule has 0 radical (unpaired) electrons. The van der Waals surface area contributed by atoms with Crippen LogP contribution >= 0.6 is 11.6 Å². The van der Waals surface area contributed by atoms with Gasteiger partial charge in [0.2, 0.25) is 11.7 Å². The highest BCUT2D eigenvalue weighted by Gasteiger charge is 2.32. The minimum atomic E-state index is 0.364. The number of fused-ring (bicyclic) bond motifs is 5. The van der Waals surface area contributed by atoms with Crippen LogP contribution in [0.4, 0.5) is 0 Å². The number of benzene rings is 2. The average molecular weight is 516 g/mol. The van der Waals surface area contributed by atoms with Crippen LogP contribution in [0.5, 0.6) is 11.5 Å².